The SMILES string of the molecule is Cc1ccc(C(=O)NC(C)CC2CC2)cc1C#CCO. The predicted molar refractivity (Wildman–Crippen MR) is 79.4 cm³/mol. The molecule has 106 valence electrons. The molecule has 1 atom stereocenters. The molecular formula is C17H21NO2. The Morgan fingerprint density at radius 2 is 2.25 bits per heavy atom. The Morgan fingerprint density at radius 3 is 2.90 bits per heavy atom. The molecule has 3 heteroatoms. The third-order valence-corrected chi connectivity index (χ3v) is 3.56. The molecule has 0 radical (unpaired) electrons. The average molecular weight is 271 g/mol. The van der Waals surface area contributed by atoms with Gasteiger partial charge in [0.25, 0.3) is 5.91 Å². The molecule has 0 aliphatic heterocycles. The summed E-state index contributed by atoms with van der Waals surface area (Å²) in [5.41, 5.74) is 2.43. The van der Waals surface area contributed by atoms with Gasteiger partial charge in [0.15, 0.2) is 0 Å². The highest BCUT2D eigenvalue weighted by molar-refractivity contribution is 5.94. The molecule has 20 heavy (non-hydrogen) atoms. The van der Waals surface area contributed by atoms with Crippen LogP contribution in [0.15, 0.2) is 18.2 Å². The van der Waals surface area contributed by atoms with Gasteiger partial charge >= 0.3 is 0 Å². The Hall–Kier alpha value is -1.79. The number of benzene rings is 1. The number of nitrogens with one attached hydrogen (secondary N) is 1. The van der Waals surface area contributed by atoms with E-state index in [1.807, 2.05) is 19.1 Å². The zero-order valence-electron chi connectivity index (χ0n) is 12.1. The first-order chi connectivity index (χ1) is 9.60. The van der Waals surface area contributed by atoms with Crippen molar-refractivity contribution >= 4 is 5.91 Å². The Morgan fingerprint density at radius 1 is 1.50 bits per heavy atom. The van der Waals surface area contributed by atoms with Crippen LogP contribution in [-0.4, -0.2) is 23.7 Å². The summed E-state index contributed by atoms with van der Waals surface area (Å²) >= 11 is 0. The van der Waals surface area contributed by atoms with E-state index in [2.05, 4.69) is 24.1 Å². The summed E-state index contributed by atoms with van der Waals surface area (Å²) < 4.78 is 0. The molecule has 0 saturated heterocycles. The van der Waals surface area contributed by atoms with Crippen LogP contribution < -0.4 is 5.32 Å². The molecule has 3 nitrogen and oxygen atoms in total. The molecule has 2 N–H and O–H groups in total. The van der Waals surface area contributed by atoms with Crippen molar-refractivity contribution in [3.8, 4) is 11.8 Å². The molecule has 1 aliphatic carbocycles. The number of aryl methyl sites for hydroxylation is 1. The summed E-state index contributed by atoms with van der Waals surface area (Å²) in [5, 5.41) is 11.8. The maximum Gasteiger partial charge on any atom is 0.251 e. The van der Waals surface area contributed by atoms with Gasteiger partial charge in [0.05, 0.1) is 0 Å². The van der Waals surface area contributed by atoms with E-state index in [1.54, 1.807) is 6.07 Å². The minimum absolute atomic E-state index is 0.0507. The van der Waals surface area contributed by atoms with Gasteiger partial charge < -0.3 is 10.4 Å². The monoisotopic (exact) mass is 271 g/mol. The molecule has 1 aliphatic rings. The van der Waals surface area contributed by atoms with Crippen LogP contribution in [0.2, 0.25) is 0 Å². The summed E-state index contributed by atoms with van der Waals surface area (Å²) in [6.45, 7) is 3.82. The zero-order valence-corrected chi connectivity index (χ0v) is 12.1. The van der Waals surface area contributed by atoms with Gasteiger partial charge in [-0.05, 0) is 43.9 Å². The van der Waals surface area contributed by atoms with Crippen LogP contribution in [0.5, 0.6) is 0 Å². The van der Waals surface area contributed by atoms with Crippen LogP contribution in [0.25, 0.3) is 0 Å². The van der Waals surface area contributed by atoms with Crippen LogP contribution in [0.3, 0.4) is 0 Å². The van der Waals surface area contributed by atoms with E-state index >= 15 is 0 Å². The van der Waals surface area contributed by atoms with Crippen molar-refractivity contribution in [2.45, 2.75) is 39.2 Å². The lowest BCUT2D eigenvalue weighted by atomic mass is 10.0. The van der Waals surface area contributed by atoms with Crippen molar-refractivity contribution < 1.29 is 9.90 Å². The Kier molecular flexibility index (Phi) is 4.81. The van der Waals surface area contributed by atoms with Gasteiger partial charge in [0, 0.05) is 17.2 Å². The van der Waals surface area contributed by atoms with Crippen LogP contribution in [0, 0.1) is 24.7 Å². The van der Waals surface area contributed by atoms with Gasteiger partial charge in [-0.15, -0.1) is 0 Å². The zero-order chi connectivity index (χ0) is 14.5. The second-order valence-electron chi connectivity index (χ2n) is 5.54. The normalized spacial score (nSPS) is 15.2. The van der Waals surface area contributed by atoms with Crippen molar-refractivity contribution in [3.05, 3.63) is 34.9 Å². The number of hydrogen-bond acceptors (Lipinski definition) is 2. The molecule has 1 unspecified atom stereocenters. The van der Waals surface area contributed by atoms with E-state index in [0.717, 1.165) is 23.5 Å². The Bertz CT molecular complexity index is 550. The van der Waals surface area contributed by atoms with Crippen LogP contribution in [0.1, 0.15) is 47.7 Å². The molecule has 1 aromatic carbocycles. The Labute approximate surface area is 120 Å². The lowest BCUT2D eigenvalue weighted by Crippen LogP contribution is -2.32. The maximum atomic E-state index is 12.2. The molecule has 0 bridgehead atoms. The largest absolute Gasteiger partial charge is 0.384 e. The van der Waals surface area contributed by atoms with Crippen molar-refractivity contribution in [1.82, 2.24) is 5.32 Å². The van der Waals surface area contributed by atoms with E-state index in [0.29, 0.717) is 5.56 Å². The van der Waals surface area contributed by atoms with E-state index in [1.165, 1.54) is 12.8 Å². The number of carbonyl (C=O) groups is 1. The van der Waals surface area contributed by atoms with E-state index < -0.39 is 0 Å². The third kappa shape index (κ3) is 4.11. The van der Waals surface area contributed by atoms with Gasteiger partial charge in [-0.3, -0.25) is 4.79 Å². The van der Waals surface area contributed by atoms with Gasteiger partial charge in [0.1, 0.15) is 6.61 Å². The fourth-order valence-corrected chi connectivity index (χ4v) is 2.25. The van der Waals surface area contributed by atoms with E-state index in [-0.39, 0.29) is 18.6 Å². The quantitative estimate of drug-likeness (QED) is 0.825. The van der Waals surface area contributed by atoms with Gasteiger partial charge in [-0.2, -0.15) is 0 Å². The Balaban J connectivity index is 2.04. The first kappa shape index (κ1) is 14.6. The lowest BCUT2D eigenvalue weighted by Gasteiger charge is -2.13. The smallest absolute Gasteiger partial charge is 0.251 e. The van der Waals surface area contributed by atoms with Crippen LogP contribution in [0.4, 0.5) is 0 Å². The number of carbonyl (C=O) groups excluding carboxylic acids is 1. The highest BCUT2D eigenvalue weighted by Gasteiger charge is 2.24. The number of aliphatic hydroxyl groups is 1. The van der Waals surface area contributed by atoms with Crippen LogP contribution >= 0.6 is 0 Å². The predicted octanol–water partition coefficient (Wildman–Crippen LogP) is 2.26. The second kappa shape index (κ2) is 6.58. The maximum absolute atomic E-state index is 12.2. The van der Waals surface area contributed by atoms with E-state index in [9.17, 15) is 4.79 Å². The van der Waals surface area contributed by atoms with Gasteiger partial charge in [0.2, 0.25) is 0 Å². The highest BCUT2D eigenvalue weighted by Crippen LogP contribution is 2.33. The minimum Gasteiger partial charge on any atom is -0.384 e. The van der Waals surface area contributed by atoms with Crippen molar-refractivity contribution in [1.29, 1.82) is 0 Å². The minimum atomic E-state index is -0.172. The summed E-state index contributed by atoms with van der Waals surface area (Å²) in [5.74, 6) is 6.24. The standard InChI is InChI=1S/C17H21NO2/c1-12-5-8-16(11-15(12)4-3-9-19)17(20)18-13(2)10-14-6-7-14/h5,8,11,13-14,19H,6-7,9-10H2,1-2H3,(H,18,20). The molecule has 1 amide bonds. The topological polar surface area (TPSA) is 49.3 Å². The number of aliphatic hydroxyl groups excluding tert-OH is 1. The van der Waals surface area contributed by atoms with Crippen molar-refractivity contribution in [3.63, 3.8) is 0 Å². The number of amides is 1. The molecule has 0 heterocycles. The number of hydrogen-bond donors (Lipinski definition) is 2. The van der Waals surface area contributed by atoms with Crippen molar-refractivity contribution in [2.24, 2.45) is 5.92 Å². The summed E-state index contributed by atoms with van der Waals surface area (Å²) in [6.07, 6.45) is 3.66. The van der Waals surface area contributed by atoms with Crippen molar-refractivity contribution in [2.75, 3.05) is 6.61 Å². The highest BCUT2D eigenvalue weighted by atomic mass is 16.2. The van der Waals surface area contributed by atoms with Gasteiger partial charge in [-0.25, -0.2) is 0 Å². The molecule has 2 rings (SSSR count). The first-order valence-corrected chi connectivity index (χ1v) is 7.11. The second-order valence-corrected chi connectivity index (χ2v) is 5.54. The fourth-order valence-electron chi connectivity index (χ4n) is 2.25. The van der Waals surface area contributed by atoms with Crippen LogP contribution in [-0.2, 0) is 0 Å². The molecule has 1 saturated carbocycles. The first-order valence-electron chi connectivity index (χ1n) is 7.11. The van der Waals surface area contributed by atoms with Gasteiger partial charge in [-0.1, -0.05) is 30.7 Å². The molecule has 0 aromatic heterocycles. The lowest BCUT2D eigenvalue weighted by molar-refractivity contribution is 0.0937. The summed E-state index contributed by atoms with van der Waals surface area (Å²) in [7, 11) is 0. The van der Waals surface area contributed by atoms with E-state index in [4.69, 9.17) is 5.11 Å². The fraction of sp³-hybridized carbons (Fsp3) is 0.471. The molecule has 1 fully saturated rings. The molecular weight excluding hydrogens is 250 g/mol. The summed E-state index contributed by atoms with van der Waals surface area (Å²) in [6, 6.07) is 5.71. The number of rotatable bonds is 4. The third-order valence-electron chi connectivity index (χ3n) is 3.56. The molecule has 1 aromatic rings. The average Bonchev–Trinajstić information content (AvgIpc) is 3.21. The molecule has 0 spiro atoms. The summed E-state index contributed by atoms with van der Waals surface area (Å²) in [4.78, 5) is 12.2.